The predicted octanol–water partition coefficient (Wildman–Crippen LogP) is 2.70. The van der Waals surface area contributed by atoms with Gasteiger partial charge in [-0.1, -0.05) is 11.6 Å². The lowest BCUT2D eigenvalue weighted by Gasteiger charge is -2.10. The number of H-pyrrole nitrogens is 1. The number of aromatic nitrogens is 2. The first kappa shape index (κ1) is 14.0. The van der Waals surface area contributed by atoms with E-state index in [4.69, 9.17) is 11.6 Å². The molecule has 2 aromatic rings. The van der Waals surface area contributed by atoms with Gasteiger partial charge in [0, 0.05) is 0 Å². The van der Waals surface area contributed by atoms with E-state index in [-0.39, 0.29) is 20.9 Å². The van der Waals surface area contributed by atoms with E-state index in [2.05, 4.69) is 20.9 Å². The number of nitrogens with zero attached hydrogens (tertiary/aromatic N) is 1. The van der Waals surface area contributed by atoms with Crippen molar-refractivity contribution >= 4 is 27.5 Å². The largest absolute Gasteiger partial charge is 0.334 e. The first-order chi connectivity index (χ1) is 8.82. The van der Waals surface area contributed by atoms with Gasteiger partial charge in [-0.15, -0.1) is 0 Å². The Labute approximate surface area is 121 Å². The predicted molar refractivity (Wildman–Crippen MR) is 74.8 cm³/mol. The molecule has 4 nitrogen and oxygen atoms in total. The van der Waals surface area contributed by atoms with E-state index in [0.717, 1.165) is 10.6 Å². The topological polar surface area (TPSA) is 54.9 Å². The number of hydrogen-bond acceptors (Lipinski definition) is 2. The Balaban J connectivity index is 2.88. The summed E-state index contributed by atoms with van der Waals surface area (Å²) in [6.07, 6.45) is 0. The Kier molecular flexibility index (Phi) is 3.64. The molecule has 7 heteroatoms. The van der Waals surface area contributed by atoms with Crippen LogP contribution in [0.15, 0.2) is 26.2 Å². The molecule has 0 radical (unpaired) electrons. The van der Waals surface area contributed by atoms with Crippen LogP contribution in [0.2, 0.25) is 5.15 Å². The van der Waals surface area contributed by atoms with Crippen LogP contribution in [0.3, 0.4) is 0 Å². The quantitative estimate of drug-likeness (QED) is 0.807. The molecular formula is C12H9BrClFN2O2. The molecule has 0 saturated carbocycles. The van der Waals surface area contributed by atoms with E-state index in [1.807, 2.05) is 0 Å². The number of benzene rings is 1. The van der Waals surface area contributed by atoms with E-state index in [1.54, 1.807) is 6.92 Å². The van der Waals surface area contributed by atoms with E-state index in [9.17, 15) is 14.0 Å². The molecule has 0 aliphatic rings. The molecular weight excluding hydrogens is 338 g/mol. The van der Waals surface area contributed by atoms with Gasteiger partial charge in [0.05, 0.1) is 15.7 Å². The summed E-state index contributed by atoms with van der Waals surface area (Å²) in [6, 6.07) is 2.63. The summed E-state index contributed by atoms with van der Waals surface area (Å²) >= 11 is 8.77. The standard InChI is InChI=1S/C12H9BrClFN2O2/c1-5-3-7(13)8(15)4-9(5)17-11(18)6(2)10(14)16-12(17)19/h3-4H,1-2H3,(H,16,19). The average Bonchev–Trinajstić information content (AvgIpc) is 2.33. The van der Waals surface area contributed by atoms with Crippen LogP contribution >= 0.6 is 27.5 Å². The molecule has 19 heavy (non-hydrogen) atoms. The maximum Gasteiger partial charge on any atom is 0.334 e. The molecule has 0 bridgehead atoms. The maximum atomic E-state index is 13.6. The Bertz CT molecular complexity index is 783. The highest BCUT2D eigenvalue weighted by molar-refractivity contribution is 9.10. The molecule has 0 saturated heterocycles. The van der Waals surface area contributed by atoms with Gasteiger partial charge >= 0.3 is 5.69 Å². The summed E-state index contributed by atoms with van der Waals surface area (Å²) in [7, 11) is 0. The molecule has 1 heterocycles. The molecule has 1 N–H and O–H groups in total. The first-order valence-corrected chi connectivity index (χ1v) is 6.47. The minimum Gasteiger partial charge on any atom is -0.297 e. The molecule has 0 spiro atoms. The summed E-state index contributed by atoms with van der Waals surface area (Å²) < 4.78 is 14.7. The molecule has 0 unspecified atom stereocenters. The van der Waals surface area contributed by atoms with E-state index >= 15 is 0 Å². The van der Waals surface area contributed by atoms with Crippen molar-refractivity contribution in [2.24, 2.45) is 0 Å². The fourth-order valence-electron chi connectivity index (χ4n) is 1.69. The number of halogens is 3. The second-order valence-electron chi connectivity index (χ2n) is 4.06. The molecule has 0 atom stereocenters. The Morgan fingerprint density at radius 1 is 1.32 bits per heavy atom. The lowest BCUT2D eigenvalue weighted by Crippen LogP contribution is -2.35. The minimum atomic E-state index is -0.703. The van der Waals surface area contributed by atoms with Crippen molar-refractivity contribution in [3.8, 4) is 5.69 Å². The molecule has 0 amide bonds. The van der Waals surface area contributed by atoms with Gasteiger partial charge in [0.1, 0.15) is 11.0 Å². The molecule has 0 aliphatic heterocycles. The summed E-state index contributed by atoms with van der Waals surface area (Å²) in [5.41, 5.74) is -0.303. The van der Waals surface area contributed by atoms with Gasteiger partial charge < -0.3 is 0 Å². The first-order valence-electron chi connectivity index (χ1n) is 5.30. The van der Waals surface area contributed by atoms with Crippen LogP contribution in [0, 0.1) is 19.7 Å². The fraction of sp³-hybridized carbons (Fsp3) is 0.167. The van der Waals surface area contributed by atoms with Crippen molar-refractivity contribution in [3.63, 3.8) is 0 Å². The fourth-order valence-corrected chi connectivity index (χ4v) is 2.31. The van der Waals surface area contributed by atoms with Gasteiger partial charge in [0.2, 0.25) is 0 Å². The van der Waals surface area contributed by atoms with Gasteiger partial charge in [-0.3, -0.25) is 9.78 Å². The Hall–Kier alpha value is -1.40. The van der Waals surface area contributed by atoms with E-state index < -0.39 is 17.1 Å². The van der Waals surface area contributed by atoms with Crippen molar-refractivity contribution in [2.45, 2.75) is 13.8 Å². The monoisotopic (exact) mass is 346 g/mol. The Morgan fingerprint density at radius 2 is 1.95 bits per heavy atom. The molecule has 1 aromatic heterocycles. The highest BCUT2D eigenvalue weighted by Crippen LogP contribution is 2.21. The molecule has 2 rings (SSSR count). The third-order valence-corrected chi connectivity index (χ3v) is 3.74. The van der Waals surface area contributed by atoms with Crippen LogP contribution in [0.25, 0.3) is 5.69 Å². The van der Waals surface area contributed by atoms with Crippen molar-refractivity contribution in [1.82, 2.24) is 9.55 Å². The lowest BCUT2D eigenvalue weighted by molar-refractivity contribution is 0.618. The van der Waals surface area contributed by atoms with Crippen LogP contribution in [0.4, 0.5) is 4.39 Å². The molecule has 1 aromatic carbocycles. The van der Waals surface area contributed by atoms with Gasteiger partial charge in [0.25, 0.3) is 5.56 Å². The number of aromatic amines is 1. The highest BCUT2D eigenvalue weighted by atomic mass is 79.9. The van der Waals surface area contributed by atoms with Crippen molar-refractivity contribution in [3.05, 3.63) is 59.5 Å². The zero-order valence-corrected chi connectivity index (χ0v) is 12.4. The number of nitrogens with one attached hydrogen (secondary N) is 1. The maximum absolute atomic E-state index is 13.6. The zero-order chi connectivity index (χ0) is 14.3. The molecule has 0 fully saturated rings. The Morgan fingerprint density at radius 3 is 2.58 bits per heavy atom. The van der Waals surface area contributed by atoms with Crippen molar-refractivity contribution < 1.29 is 4.39 Å². The highest BCUT2D eigenvalue weighted by Gasteiger charge is 2.14. The van der Waals surface area contributed by atoms with Crippen LogP contribution in [0.1, 0.15) is 11.1 Å². The van der Waals surface area contributed by atoms with Crippen LogP contribution in [-0.2, 0) is 0 Å². The summed E-state index contributed by atoms with van der Waals surface area (Å²) in [4.78, 5) is 26.3. The smallest absolute Gasteiger partial charge is 0.297 e. The zero-order valence-electron chi connectivity index (χ0n) is 10.1. The van der Waals surface area contributed by atoms with Crippen molar-refractivity contribution in [2.75, 3.05) is 0 Å². The molecule has 0 aliphatic carbocycles. The third kappa shape index (κ3) is 2.37. The lowest BCUT2D eigenvalue weighted by atomic mass is 10.2. The summed E-state index contributed by atoms with van der Waals surface area (Å²) in [6.45, 7) is 3.16. The second kappa shape index (κ2) is 4.94. The SMILES string of the molecule is Cc1cc(Br)c(F)cc1-n1c(=O)[nH]c(Cl)c(C)c1=O. The van der Waals surface area contributed by atoms with E-state index in [1.165, 1.54) is 13.0 Å². The number of aryl methyl sites for hydroxylation is 1. The number of hydrogen-bond donors (Lipinski definition) is 1. The van der Waals surface area contributed by atoms with Gasteiger partial charge in [-0.25, -0.2) is 13.8 Å². The average molecular weight is 348 g/mol. The normalized spacial score (nSPS) is 10.8. The van der Waals surface area contributed by atoms with Crippen LogP contribution in [0.5, 0.6) is 0 Å². The van der Waals surface area contributed by atoms with Gasteiger partial charge in [-0.05, 0) is 47.5 Å². The van der Waals surface area contributed by atoms with Crippen LogP contribution < -0.4 is 11.2 Å². The number of rotatable bonds is 1. The second-order valence-corrected chi connectivity index (χ2v) is 5.29. The minimum absolute atomic E-state index is 0.0125. The molecule has 100 valence electrons. The van der Waals surface area contributed by atoms with Crippen LogP contribution in [-0.4, -0.2) is 9.55 Å². The van der Waals surface area contributed by atoms with Gasteiger partial charge in [0.15, 0.2) is 0 Å². The van der Waals surface area contributed by atoms with Crippen molar-refractivity contribution in [1.29, 1.82) is 0 Å². The van der Waals surface area contributed by atoms with Gasteiger partial charge in [-0.2, -0.15) is 0 Å². The summed E-state index contributed by atoms with van der Waals surface area (Å²) in [5, 5.41) is -0.0125. The third-order valence-electron chi connectivity index (χ3n) is 2.75. The summed E-state index contributed by atoms with van der Waals surface area (Å²) in [5.74, 6) is -0.556. The van der Waals surface area contributed by atoms with E-state index in [0.29, 0.717) is 5.56 Å².